The van der Waals surface area contributed by atoms with E-state index in [2.05, 4.69) is 14.9 Å². The summed E-state index contributed by atoms with van der Waals surface area (Å²) in [5.41, 5.74) is 0.410. The first-order chi connectivity index (χ1) is 9.96. The SMILES string of the molecule is CCOc1ccc(S(=O)(=O)Nc2nnc(C)s2)cc1CO. The van der Waals surface area contributed by atoms with Gasteiger partial charge in [0.25, 0.3) is 10.0 Å². The van der Waals surface area contributed by atoms with Gasteiger partial charge in [0.1, 0.15) is 10.8 Å². The highest BCUT2D eigenvalue weighted by Crippen LogP contribution is 2.25. The van der Waals surface area contributed by atoms with E-state index >= 15 is 0 Å². The molecule has 0 saturated heterocycles. The summed E-state index contributed by atoms with van der Waals surface area (Å²) in [6.07, 6.45) is 0. The molecule has 21 heavy (non-hydrogen) atoms. The van der Waals surface area contributed by atoms with Crippen molar-refractivity contribution < 1.29 is 18.3 Å². The number of hydrogen-bond acceptors (Lipinski definition) is 7. The summed E-state index contributed by atoms with van der Waals surface area (Å²) in [7, 11) is -3.77. The lowest BCUT2D eigenvalue weighted by Gasteiger charge is -2.11. The van der Waals surface area contributed by atoms with Crippen molar-refractivity contribution in [2.75, 3.05) is 11.3 Å². The second-order valence-electron chi connectivity index (χ2n) is 4.09. The highest BCUT2D eigenvalue weighted by atomic mass is 32.2. The number of nitrogens with one attached hydrogen (secondary N) is 1. The first kappa shape index (κ1) is 15.7. The number of benzene rings is 1. The Hall–Kier alpha value is -1.71. The van der Waals surface area contributed by atoms with Crippen LogP contribution < -0.4 is 9.46 Å². The maximum atomic E-state index is 12.3. The molecule has 1 heterocycles. The Labute approximate surface area is 126 Å². The Morgan fingerprint density at radius 3 is 2.71 bits per heavy atom. The molecule has 2 N–H and O–H groups in total. The highest BCUT2D eigenvalue weighted by Gasteiger charge is 2.18. The van der Waals surface area contributed by atoms with E-state index in [0.717, 1.165) is 11.3 Å². The third kappa shape index (κ3) is 3.69. The fourth-order valence-electron chi connectivity index (χ4n) is 1.65. The number of nitrogens with zero attached hydrogens (tertiary/aromatic N) is 2. The van der Waals surface area contributed by atoms with E-state index in [1.165, 1.54) is 18.2 Å². The van der Waals surface area contributed by atoms with Gasteiger partial charge in [-0.25, -0.2) is 8.42 Å². The van der Waals surface area contributed by atoms with Gasteiger partial charge in [-0.05, 0) is 32.0 Å². The minimum atomic E-state index is -3.77. The van der Waals surface area contributed by atoms with E-state index in [-0.39, 0.29) is 16.6 Å². The number of ether oxygens (including phenoxy) is 1. The predicted molar refractivity (Wildman–Crippen MR) is 79.0 cm³/mol. The van der Waals surface area contributed by atoms with Gasteiger partial charge in [0.2, 0.25) is 5.13 Å². The molecule has 1 aromatic carbocycles. The zero-order valence-corrected chi connectivity index (χ0v) is 13.2. The van der Waals surface area contributed by atoms with Crippen molar-refractivity contribution in [3.05, 3.63) is 28.8 Å². The summed E-state index contributed by atoms with van der Waals surface area (Å²) in [5.74, 6) is 0.464. The van der Waals surface area contributed by atoms with Crippen LogP contribution in [-0.2, 0) is 16.6 Å². The molecule has 1 aromatic heterocycles. The lowest BCUT2D eigenvalue weighted by Crippen LogP contribution is -2.13. The van der Waals surface area contributed by atoms with Crippen molar-refractivity contribution in [1.29, 1.82) is 0 Å². The Morgan fingerprint density at radius 1 is 1.38 bits per heavy atom. The van der Waals surface area contributed by atoms with Gasteiger partial charge in [-0.15, -0.1) is 10.2 Å². The third-order valence-corrected chi connectivity index (χ3v) is 4.78. The van der Waals surface area contributed by atoms with Gasteiger partial charge in [0.05, 0.1) is 18.1 Å². The normalized spacial score (nSPS) is 11.4. The first-order valence-corrected chi connectivity index (χ1v) is 8.45. The Balaban J connectivity index is 2.31. The quantitative estimate of drug-likeness (QED) is 0.833. The van der Waals surface area contributed by atoms with E-state index in [1.54, 1.807) is 6.92 Å². The van der Waals surface area contributed by atoms with E-state index in [1.807, 2.05) is 6.92 Å². The molecule has 114 valence electrons. The topological polar surface area (TPSA) is 101 Å². The molecule has 0 bridgehead atoms. The van der Waals surface area contributed by atoms with Crippen LogP contribution in [0.3, 0.4) is 0 Å². The van der Waals surface area contributed by atoms with Crippen LogP contribution in [0.25, 0.3) is 0 Å². The van der Waals surface area contributed by atoms with Crippen LogP contribution in [0.4, 0.5) is 5.13 Å². The van der Waals surface area contributed by atoms with Crippen molar-refractivity contribution in [1.82, 2.24) is 10.2 Å². The first-order valence-electron chi connectivity index (χ1n) is 6.15. The van der Waals surface area contributed by atoms with Gasteiger partial charge in [-0.2, -0.15) is 0 Å². The minimum Gasteiger partial charge on any atom is -0.494 e. The number of anilines is 1. The van der Waals surface area contributed by atoms with E-state index in [9.17, 15) is 13.5 Å². The number of aliphatic hydroxyl groups excluding tert-OH is 1. The maximum absolute atomic E-state index is 12.3. The summed E-state index contributed by atoms with van der Waals surface area (Å²) < 4.78 is 32.2. The molecule has 0 unspecified atom stereocenters. The molecule has 0 spiro atoms. The number of hydrogen-bond donors (Lipinski definition) is 2. The van der Waals surface area contributed by atoms with Crippen LogP contribution in [-0.4, -0.2) is 30.3 Å². The van der Waals surface area contributed by atoms with Crippen molar-refractivity contribution >= 4 is 26.5 Å². The largest absolute Gasteiger partial charge is 0.494 e. The zero-order valence-electron chi connectivity index (χ0n) is 11.5. The van der Waals surface area contributed by atoms with Crippen LogP contribution in [0.5, 0.6) is 5.75 Å². The van der Waals surface area contributed by atoms with Crippen LogP contribution in [0.2, 0.25) is 0 Å². The van der Waals surface area contributed by atoms with Gasteiger partial charge in [0, 0.05) is 5.56 Å². The standard InChI is InChI=1S/C12H15N3O4S2/c1-3-19-11-5-4-10(6-9(11)7-16)21(17,18)15-12-14-13-8(2)20-12/h4-6,16H,3,7H2,1-2H3,(H,14,15). The number of aromatic nitrogens is 2. The van der Waals surface area contributed by atoms with Gasteiger partial charge < -0.3 is 9.84 Å². The van der Waals surface area contributed by atoms with Gasteiger partial charge >= 0.3 is 0 Å². The number of rotatable bonds is 6. The fourth-order valence-corrected chi connectivity index (χ4v) is 3.53. The molecule has 0 aliphatic heterocycles. The molecule has 9 heteroatoms. The van der Waals surface area contributed by atoms with Gasteiger partial charge in [-0.3, -0.25) is 4.72 Å². The Kier molecular flexibility index (Phi) is 4.76. The second-order valence-corrected chi connectivity index (χ2v) is 6.96. The van der Waals surface area contributed by atoms with Gasteiger partial charge in [0.15, 0.2) is 0 Å². The second kappa shape index (κ2) is 6.37. The minimum absolute atomic E-state index is 0.0304. The Bertz CT molecular complexity index is 728. The Morgan fingerprint density at radius 2 is 2.14 bits per heavy atom. The molecule has 0 atom stereocenters. The average Bonchev–Trinajstić information content (AvgIpc) is 2.84. The van der Waals surface area contributed by atoms with Crippen LogP contribution >= 0.6 is 11.3 Å². The number of aryl methyl sites for hydroxylation is 1. The van der Waals surface area contributed by atoms with Gasteiger partial charge in [-0.1, -0.05) is 11.3 Å². The fraction of sp³-hybridized carbons (Fsp3) is 0.333. The lowest BCUT2D eigenvalue weighted by molar-refractivity contribution is 0.266. The predicted octanol–water partition coefficient (Wildman–Crippen LogP) is 1.54. The molecule has 0 fully saturated rings. The molecule has 7 nitrogen and oxygen atoms in total. The van der Waals surface area contributed by atoms with Crippen molar-refractivity contribution in [2.24, 2.45) is 0 Å². The van der Waals surface area contributed by atoms with Crippen molar-refractivity contribution in [3.8, 4) is 5.75 Å². The molecule has 0 amide bonds. The highest BCUT2D eigenvalue weighted by molar-refractivity contribution is 7.93. The monoisotopic (exact) mass is 329 g/mol. The maximum Gasteiger partial charge on any atom is 0.263 e. The molecule has 2 rings (SSSR count). The average molecular weight is 329 g/mol. The molecule has 0 radical (unpaired) electrons. The third-order valence-electron chi connectivity index (χ3n) is 2.56. The van der Waals surface area contributed by atoms with Crippen LogP contribution in [0.1, 0.15) is 17.5 Å². The van der Waals surface area contributed by atoms with Crippen molar-refractivity contribution in [2.45, 2.75) is 25.3 Å². The van der Waals surface area contributed by atoms with Crippen LogP contribution in [0, 0.1) is 6.92 Å². The summed E-state index contributed by atoms with van der Waals surface area (Å²) in [4.78, 5) is 0.0304. The van der Waals surface area contributed by atoms with Crippen LogP contribution in [0.15, 0.2) is 23.1 Å². The van der Waals surface area contributed by atoms with E-state index < -0.39 is 10.0 Å². The van der Waals surface area contributed by atoms with E-state index in [4.69, 9.17) is 4.74 Å². The van der Waals surface area contributed by atoms with E-state index in [0.29, 0.717) is 22.9 Å². The number of aliphatic hydroxyl groups is 1. The zero-order chi connectivity index (χ0) is 15.5. The molecular weight excluding hydrogens is 314 g/mol. The summed E-state index contributed by atoms with van der Waals surface area (Å²) in [5, 5.41) is 17.6. The number of sulfonamides is 1. The molecule has 0 aliphatic rings. The summed E-state index contributed by atoms with van der Waals surface area (Å²) >= 11 is 1.14. The lowest BCUT2D eigenvalue weighted by atomic mass is 10.2. The molecule has 0 aliphatic carbocycles. The smallest absolute Gasteiger partial charge is 0.263 e. The van der Waals surface area contributed by atoms with Crippen molar-refractivity contribution in [3.63, 3.8) is 0 Å². The summed E-state index contributed by atoms with van der Waals surface area (Å²) in [6, 6.07) is 4.32. The molecular formula is C12H15N3O4S2. The molecule has 2 aromatic rings. The summed E-state index contributed by atoms with van der Waals surface area (Å²) in [6.45, 7) is 3.67. The molecule has 0 saturated carbocycles.